The number of aryl methyl sites for hydroxylation is 1. The molecule has 1 aromatic heterocycles. The van der Waals surface area contributed by atoms with Gasteiger partial charge in [0.1, 0.15) is 0 Å². The zero-order chi connectivity index (χ0) is 25.6. The number of carbonyl (C=O) groups excluding carboxylic acids is 1. The summed E-state index contributed by atoms with van der Waals surface area (Å²) in [4.78, 5) is 27.7. The summed E-state index contributed by atoms with van der Waals surface area (Å²) in [5.41, 5.74) is 3.13. The van der Waals surface area contributed by atoms with Crippen molar-refractivity contribution in [3.05, 3.63) is 115 Å². The van der Waals surface area contributed by atoms with Gasteiger partial charge in [0.15, 0.2) is 0 Å². The number of nitrogens with zero attached hydrogens (tertiary/aromatic N) is 3. The van der Waals surface area contributed by atoms with Crippen LogP contribution in [0.25, 0.3) is 5.69 Å². The Morgan fingerprint density at radius 1 is 0.861 bits per heavy atom. The molecule has 3 aromatic carbocycles. The molecule has 0 fully saturated rings. The molecule has 2 heterocycles. The molecule has 6 nitrogen and oxygen atoms in total. The number of carbonyl (C=O) groups is 1. The van der Waals surface area contributed by atoms with Crippen molar-refractivity contribution in [2.75, 3.05) is 5.01 Å². The number of hydrogen-bond donors (Lipinski definition) is 1. The van der Waals surface area contributed by atoms with Crippen molar-refractivity contribution in [3.8, 4) is 5.69 Å². The second-order valence-electron chi connectivity index (χ2n) is 8.62. The van der Waals surface area contributed by atoms with Gasteiger partial charge in [0.05, 0.1) is 17.3 Å². The Morgan fingerprint density at radius 3 is 2.17 bits per heavy atom. The second kappa shape index (κ2) is 9.62. The predicted molar refractivity (Wildman–Crippen MR) is 145 cm³/mol. The number of H-pyrrole nitrogens is 1. The third-order valence-electron chi connectivity index (χ3n) is 6.30. The minimum atomic E-state index is -0.751. The first-order valence-corrected chi connectivity index (χ1v) is 12.4. The fraction of sp³-hybridized carbons (Fsp3) is 0.148. The van der Waals surface area contributed by atoms with Gasteiger partial charge in [-0.05, 0) is 61.9 Å². The molecule has 4 aromatic rings. The Balaban J connectivity index is 1.68. The summed E-state index contributed by atoms with van der Waals surface area (Å²) in [6.07, 6.45) is 0. The molecule has 0 unspecified atom stereocenters. The van der Waals surface area contributed by atoms with Gasteiger partial charge in [0, 0.05) is 38.0 Å². The van der Waals surface area contributed by atoms with Crippen molar-refractivity contribution in [1.82, 2.24) is 9.78 Å². The van der Waals surface area contributed by atoms with Gasteiger partial charge in [-0.1, -0.05) is 65.1 Å². The van der Waals surface area contributed by atoms with E-state index in [1.165, 1.54) is 9.69 Å². The van der Waals surface area contributed by atoms with E-state index < -0.39 is 11.8 Å². The van der Waals surface area contributed by atoms with Crippen LogP contribution in [0, 0.1) is 12.8 Å². The SMILES string of the molecule is CC1=NN(c2cccc(Cl)c2)C(=O)[C@@H]1[C@H](c1ccccc1Cl)c1c(C)[nH]n(-c2cccc(Cl)c2)c1=O. The van der Waals surface area contributed by atoms with Crippen molar-refractivity contribution >= 4 is 52.1 Å². The molecule has 0 saturated heterocycles. The van der Waals surface area contributed by atoms with E-state index in [-0.39, 0.29) is 11.5 Å². The van der Waals surface area contributed by atoms with Crippen LogP contribution in [-0.4, -0.2) is 21.4 Å². The monoisotopic (exact) mass is 538 g/mol. The summed E-state index contributed by atoms with van der Waals surface area (Å²) in [7, 11) is 0. The molecule has 2 atom stereocenters. The lowest BCUT2D eigenvalue weighted by molar-refractivity contribution is -0.120. The Hall–Kier alpha value is -3.32. The maximum Gasteiger partial charge on any atom is 0.275 e. The van der Waals surface area contributed by atoms with Gasteiger partial charge < -0.3 is 0 Å². The highest BCUT2D eigenvalue weighted by Gasteiger charge is 2.44. The summed E-state index contributed by atoms with van der Waals surface area (Å²) >= 11 is 19.0. The van der Waals surface area contributed by atoms with Crippen LogP contribution in [0.5, 0.6) is 0 Å². The van der Waals surface area contributed by atoms with Crippen molar-refractivity contribution < 1.29 is 4.79 Å². The van der Waals surface area contributed by atoms with E-state index in [1.807, 2.05) is 25.1 Å². The van der Waals surface area contributed by atoms with Crippen molar-refractivity contribution in [2.45, 2.75) is 19.8 Å². The highest BCUT2D eigenvalue weighted by Crippen LogP contribution is 2.41. The van der Waals surface area contributed by atoms with Crippen LogP contribution in [0.4, 0.5) is 5.69 Å². The summed E-state index contributed by atoms with van der Waals surface area (Å²) < 4.78 is 1.43. The molecule has 0 bridgehead atoms. The lowest BCUT2D eigenvalue weighted by atomic mass is 9.78. The van der Waals surface area contributed by atoms with Gasteiger partial charge in [0.25, 0.3) is 11.5 Å². The number of halogens is 3. The zero-order valence-corrected chi connectivity index (χ0v) is 21.6. The van der Waals surface area contributed by atoms with Crippen molar-refractivity contribution in [2.24, 2.45) is 11.0 Å². The Kier molecular flexibility index (Phi) is 6.51. The molecular weight excluding hydrogens is 519 g/mol. The van der Waals surface area contributed by atoms with E-state index in [1.54, 1.807) is 61.5 Å². The number of benzene rings is 3. The van der Waals surface area contributed by atoms with Gasteiger partial charge in [0.2, 0.25) is 0 Å². The number of rotatable bonds is 5. The Bertz CT molecular complexity index is 1570. The molecule has 9 heteroatoms. The largest absolute Gasteiger partial charge is 0.295 e. The molecule has 1 aliphatic rings. The standard InChI is InChI=1S/C27H21Cl3N4O2/c1-15-23(26(35)33(31-15)19-9-5-7-17(28)13-19)25(21-11-3-4-12-22(21)30)24-16(2)32-34(27(24)36)20-10-6-8-18(29)14-20/h3-14,23,25,32H,1-2H3/t23-,25-/m0/s1. The topological polar surface area (TPSA) is 70.5 Å². The van der Waals surface area contributed by atoms with Crippen LogP contribution in [-0.2, 0) is 4.79 Å². The third kappa shape index (κ3) is 4.26. The van der Waals surface area contributed by atoms with Gasteiger partial charge >= 0.3 is 0 Å². The number of aromatic amines is 1. The molecule has 1 amide bonds. The van der Waals surface area contributed by atoms with E-state index in [0.29, 0.717) is 49.0 Å². The fourth-order valence-electron chi connectivity index (χ4n) is 4.71. The molecule has 182 valence electrons. The first-order valence-electron chi connectivity index (χ1n) is 11.2. The molecular formula is C27H21Cl3N4O2. The normalized spacial score (nSPS) is 16.4. The number of amides is 1. The first-order chi connectivity index (χ1) is 17.3. The Morgan fingerprint density at radius 2 is 1.50 bits per heavy atom. The number of hydrazone groups is 1. The van der Waals surface area contributed by atoms with E-state index >= 15 is 0 Å². The van der Waals surface area contributed by atoms with E-state index in [9.17, 15) is 9.59 Å². The fourth-order valence-corrected chi connectivity index (χ4v) is 5.33. The average molecular weight is 540 g/mol. The number of hydrogen-bond acceptors (Lipinski definition) is 3. The van der Waals surface area contributed by atoms with E-state index in [0.717, 1.165) is 0 Å². The summed E-state index contributed by atoms with van der Waals surface area (Å²) in [6, 6.07) is 21.2. The van der Waals surface area contributed by atoms with E-state index in [2.05, 4.69) is 10.2 Å². The summed E-state index contributed by atoms with van der Waals surface area (Å²) in [5.74, 6) is -1.70. The van der Waals surface area contributed by atoms with Crippen LogP contribution in [0.1, 0.15) is 29.7 Å². The number of aromatic nitrogens is 2. The smallest absolute Gasteiger partial charge is 0.275 e. The minimum absolute atomic E-state index is 0.269. The first kappa shape index (κ1) is 24.4. The lowest BCUT2D eigenvalue weighted by Gasteiger charge is -2.24. The average Bonchev–Trinajstić information content (AvgIpc) is 3.31. The lowest BCUT2D eigenvalue weighted by Crippen LogP contribution is -2.34. The third-order valence-corrected chi connectivity index (χ3v) is 7.12. The minimum Gasteiger partial charge on any atom is -0.295 e. The van der Waals surface area contributed by atoms with E-state index in [4.69, 9.17) is 34.8 Å². The van der Waals surface area contributed by atoms with Gasteiger partial charge in [-0.2, -0.15) is 5.10 Å². The van der Waals surface area contributed by atoms with Crippen LogP contribution in [0.2, 0.25) is 15.1 Å². The number of nitrogens with one attached hydrogen (secondary N) is 1. The molecule has 36 heavy (non-hydrogen) atoms. The number of anilines is 1. The van der Waals surface area contributed by atoms with Crippen LogP contribution in [0.3, 0.4) is 0 Å². The summed E-state index contributed by atoms with van der Waals surface area (Å²) in [6.45, 7) is 3.59. The van der Waals surface area contributed by atoms with Gasteiger partial charge in [-0.15, -0.1) is 0 Å². The van der Waals surface area contributed by atoms with Crippen LogP contribution in [0.15, 0.2) is 82.7 Å². The molecule has 0 aliphatic carbocycles. The maximum absolute atomic E-state index is 13.9. The Labute approximate surface area is 222 Å². The second-order valence-corrected chi connectivity index (χ2v) is 9.90. The van der Waals surface area contributed by atoms with Crippen molar-refractivity contribution in [3.63, 3.8) is 0 Å². The van der Waals surface area contributed by atoms with Crippen molar-refractivity contribution in [1.29, 1.82) is 0 Å². The molecule has 1 N–H and O–H groups in total. The summed E-state index contributed by atoms with van der Waals surface area (Å²) in [5, 5.41) is 10.5. The molecule has 5 rings (SSSR count). The van der Waals surface area contributed by atoms with Crippen LogP contribution >= 0.6 is 34.8 Å². The predicted octanol–water partition coefficient (Wildman–Crippen LogP) is 6.61. The van der Waals surface area contributed by atoms with Crippen LogP contribution < -0.4 is 10.6 Å². The molecule has 0 spiro atoms. The quantitative estimate of drug-likeness (QED) is 0.310. The molecule has 0 radical (unpaired) electrons. The highest BCUT2D eigenvalue weighted by molar-refractivity contribution is 6.32. The molecule has 1 aliphatic heterocycles. The highest BCUT2D eigenvalue weighted by atomic mass is 35.5. The zero-order valence-electron chi connectivity index (χ0n) is 19.4. The van der Waals surface area contributed by atoms with Gasteiger partial charge in [-0.25, -0.2) is 9.69 Å². The van der Waals surface area contributed by atoms with Gasteiger partial charge in [-0.3, -0.25) is 14.7 Å². The maximum atomic E-state index is 13.9. The molecule has 0 saturated carbocycles.